The number of aromatic nitrogens is 3. The summed E-state index contributed by atoms with van der Waals surface area (Å²) in [5, 5.41) is 3.34. The molecule has 0 radical (unpaired) electrons. The van der Waals surface area contributed by atoms with Crippen LogP contribution in [-0.2, 0) is 6.54 Å². The molecule has 0 amide bonds. The zero-order valence-electron chi connectivity index (χ0n) is 15.9. The van der Waals surface area contributed by atoms with Crippen LogP contribution in [0.5, 0.6) is 0 Å². The van der Waals surface area contributed by atoms with E-state index in [0.29, 0.717) is 34.9 Å². The number of nitrogens with two attached hydrogens (primary N) is 1. The minimum atomic E-state index is 0.340. The monoisotopic (exact) mass is 352 g/mol. The van der Waals surface area contributed by atoms with Crippen LogP contribution in [0.3, 0.4) is 0 Å². The van der Waals surface area contributed by atoms with E-state index in [1.54, 1.807) is 12.5 Å². The molecule has 4 rings (SSSR count). The molecular weight excluding hydrogens is 324 g/mol. The second-order valence-electron chi connectivity index (χ2n) is 9.02. The summed E-state index contributed by atoms with van der Waals surface area (Å²) in [4.78, 5) is 15.5. The third-order valence-electron chi connectivity index (χ3n) is 5.73. The largest absolute Gasteiger partial charge is 0.393 e. The van der Waals surface area contributed by atoms with Crippen molar-refractivity contribution in [3.63, 3.8) is 0 Å². The molecule has 3 N–H and O–H groups in total. The quantitative estimate of drug-likeness (QED) is 0.877. The average Bonchev–Trinajstić information content (AvgIpc) is 2.83. The highest BCUT2D eigenvalue weighted by atomic mass is 15.3. The summed E-state index contributed by atoms with van der Waals surface area (Å²) in [6.07, 6.45) is 8.89. The van der Waals surface area contributed by atoms with Crippen molar-refractivity contribution in [3.8, 4) is 0 Å². The van der Waals surface area contributed by atoms with E-state index in [4.69, 9.17) is 5.73 Å². The Balaban J connectivity index is 1.56. The van der Waals surface area contributed by atoms with Gasteiger partial charge in [-0.25, -0.2) is 9.97 Å². The van der Waals surface area contributed by atoms with Crippen molar-refractivity contribution in [2.24, 2.45) is 10.8 Å². The summed E-state index contributed by atoms with van der Waals surface area (Å²) in [5.41, 5.74) is 8.93. The lowest BCUT2D eigenvalue weighted by Crippen LogP contribution is -2.35. The van der Waals surface area contributed by atoms with Crippen LogP contribution in [0.4, 0.5) is 17.3 Å². The molecule has 2 bridgehead atoms. The fourth-order valence-corrected chi connectivity index (χ4v) is 5.15. The molecule has 0 spiro atoms. The second kappa shape index (κ2) is 6.11. The van der Waals surface area contributed by atoms with E-state index in [9.17, 15) is 0 Å². The molecule has 1 saturated heterocycles. The molecule has 1 aliphatic heterocycles. The van der Waals surface area contributed by atoms with Gasteiger partial charge in [0.25, 0.3) is 0 Å². The van der Waals surface area contributed by atoms with Crippen molar-refractivity contribution in [1.29, 1.82) is 0 Å². The number of hydrogen-bond donors (Lipinski definition) is 2. The first-order valence-corrected chi connectivity index (χ1v) is 9.35. The maximum atomic E-state index is 6.48. The van der Waals surface area contributed by atoms with Crippen LogP contribution in [0, 0.1) is 10.8 Å². The highest BCUT2D eigenvalue weighted by molar-refractivity contribution is 5.75. The topological polar surface area (TPSA) is 80.0 Å². The van der Waals surface area contributed by atoms with E-state index < -0.39 is 0 Å². The van der Waals surface area contributed by atoms with Crippen LogP contribution in [0.25, 0.3) is 0 Å². The molecule has 2 unspecified atom stereocenters. The molecule has 2 fully saturated rings. The third-order valence-corrected chi connectivity index (χ3v) is 5.73. The summed E-state index contributed by atoms with van der Waals surface area (Å²) in [6.45, 7) is 8.82. The number of nitrogens with zero attached hydrogens (tertiary/aromatic N) is 4. The highest BCUT2D eigenvalue weighted by Gasteiger charge is 2.50. The second-order valence-corrected chi connectivity index (χ2v) is 9.02. The van der Waals surface area contributed by atoms with Crippen molar-refractivity contribution in [2.75, 3.05) is 22.5 Å². The molecule has 2 aromatic rings. The van der Waals surface area contributed by atoms with Crippen LogP contribution in [0.1, 0.15) is 45.6 Å². The SMILES string of the molecule is CC1(C)CC2CC(C)(CN2c2ncnc(NCc3cccnc3)c2N)C1. The molecular formula is C20H28N6. The highest BCUT2D eigenvalue weighted by Crippen LogP contribution is 2.53. The zero-order valence-corrected chi connectivity index (χ0v) is 15.9. The maximum Gasteiger partial charge on any atom is 0.157 e. The van der Waals surface area contributed by atoms with Gasteiger partial charge >= 0.3 is 0 Å². The number of nitrogens with one attached hydrogen (secondary N) is 1. The molecule has 6 nitrogen and oxygen atoms in total. The average molecular weight is 352 g/mol. The van der Waals surface area contributed by atoms with Crippen LogP contribution < -0.4 is 16.0 Å². The van der Waals surface area contributed by atoms with Crippen molar-refractivity contribution in [1.82, 2.24) is 15.0 Å². The van der Waals surface area contributed by atoms with Crippen LogP contribution in [-0.4, -0.2) is 27.5 Å². The Labute approximate surface area is 155 Å². The molecule has 1 saturated carbocycles. The predicted octanol–water partition coefficient (Wildman–Crippen LogP) is 3.47. The van der Waals surface area contributed by atoms with Gasteiger partial charge in [0.05, 0.1) is 0 Å². The molecule has 0 aromatic carbocycles. The number of rotatable bonds is 4. The minimum absolute atomic E-state index is 0.340. The molecule has 1 aliphatic carbocycles. The van der Waals surface area contributed by atoms with E-state index in [0.717, 1.165) is 17.9 Å². The lowest BCUT2D eigenvalue weighted by molar-refractivity contribution is 0.136. The molecule has 2 aliphatic rings. The summed E-state index contributed by atoms with van der Waals surface area (Å²) in [5.74, 6) is 1.57. The lowest BCUT2D eigenvalue weighted by Gasteiger charge is -2.39. The zero-order chi connectivity index (χ0) is 18.4. The fourth-order valence-electron chi connectivity index (χ4n) is 5.15. The molecule has 2 aromatic heterocycles. The van der Waals surface area contributed by atoms with Gasteiger partial charge in [0.2, 0.25) is 0 Å². The van der Waals surface area contributed by atoms with Gasteiger partial charge in [-0.3, -0.25) is 4.98 Å². The van der Waals surface area contributed by atoms with Gasteiger partial charge in [-0.1, -0.05) is 26.8 Å². The Morgan fingerprint density at radius 1 is 1.27 bits per heavy atom. The van der Waals surface area contributed by atoms with Crippen LogP contribution in [0.15, 0.2) is 30.9 Å². The summed E-state index contributed by atoms with van der Waals surface area (Å²) in [6, 6.07) is 4.47. The molecule has 138 valence electrons. The van der Waals surface area contributed by atoms with E-state index in [2.05, 4.69) is 45.9 Å². The molecule has 26 heavy (non-hydrogen) atoms. The number of hydrogen-bond acceptors (Lipinski definition) is 6. The minimum Gasteiger partial charge on any atom is -0.393 e. The number of fused-ring (bicyclic) bond motifs is 2. The van der Waals surface area contributed by atoms with Gasteiger partial charge in [0, 0.05) is 31.5 Å². The Hall–Kier alpha value is -2.37. The first-order chi connectivity index (χ1) is 12.4. The van der Waals surface area contributed by atoms with E-state index in [1.165, 1.54) is 19.3 Å². The van der Waals surface area contributed by atoms with Gasteiger partial charge in [-0.05, 0) is 41.7 Å². The van der Waals surface area contributed by atoms with Gasteiger partial charge < -0.3 is 16.0 Å². The summed E-state index contributed by atoms with van der Waals surface area (Å²) >= 11 is 0. The fraction of sp³-hybridized carbons (Fsp3) is 0.550. The standard InChI is InChI=1S/C20H28N6/c1-19(2)7-15-8-20(3,11-19)12-26(15)18-16(21)17(24-13-25-18)23-10-14-5-4-6-22-9-14/h4-6,9,13,15H,7-8,10-12,21H2,1-3H3,(H,23,24,25). The van der Waals surface area contributed by atoms with Crippen molar-refractivity contribution in [2.45, 2.75) is 52.6 Å². The van der Waals surface area contributed by atoms with Crippen LogP contribution >= 0.6 is 0 Å². The van der Waals surface area contributed by atoms with Gasteiger partial charge in [-0.2, -0.15) is 0 Å². The predicted molar refractivity (Wildman–Crippen MR) is 105 cm³/mol. The first kappa shape index (κ1) is 17.1. The molecule has 3 heterocycles. The first-order valence-electron chi connectivity index (χ1n) is 9.35. The van der Waals surface area contributed by atoms with Gasteiger partial charge in [0.15, 0.2) is 11.6 Å². The third kappa shape index (κ3) is 3.20. The maximum absolute atomic E-state index is 6.48. The molecule has 2 atom stereocenters. The number of anilines is 3. The normalized spacial score (nSPS) is 26.7. The Kier molecular flexibility index (Phi) is 4.01. The van der Waals surface area contributed by atoms with Gasteiger partial charge in [0.1, 0.15) is 12.0 Å². The summed E-state index contributed by atoms with van der Waals surface area (Å²) < 4.78 is 0. The van der Waals surface area contributed by atoms with E-state index >= 15 is 0 Å². The van der Waals surface area contributed by atoms with Crippen molar-refractivity contribution >= 4 is 17.3 Å². The smallest absolute Gasteiger partial charge is 0.157 e. The van der Waals surface area contributed by atoms with E-state index in [1.807, 2.05) is 18.3 Å². The Morgan fingerprint density at radius 3 is 2.88 bits per heavy atom. The lowest BCUT2D eigenvalue weighted by atomic mass is 9.65. The summed E-state index contributed by atoms with van der Waals surface area (Å²) in [7, 11) is 0. The van der Waals surface area contributed by atoms with Crippen molar-refractivity contribution < 1.29 is 0 Å². The van der Waals surface area contributed by atoms with Gasteiger partial charge in [-0.15, -0.1) is 0 Å². The number of pyridine rings is 1. The Bertz CT molecular complexity index is 790. The van der Waals surface area contributed by atoms with E-state index in [-0.39, 0.29) is 0 Å². The molecule has 6 heteroatoms. The van der Waals surface area contributed by atoms with Crippen molar-refractivity contribution in [3.05, 3.63) is 36.4 Å². The van der Waals surface area contributed by atoms with Crippen LogP contribution in [0.2, 0.25) is 0 Å². The Morgan fingerprint density at radius 2 is 2.12 bits per heavy atom. The number of nitrogen functional groups attached to an aromatic ring is 1.